The van der Waals surface area contributed by atoms with Crippen molar-refractivity contribution in [3.63, 3.8) is 0 Å². The lowest BCUT2D eigenvalue weighted by atomic mass is 10.1. The van der Waals surface area contributed by atoms with Gasteiger partial charge >= 0.3 is 5.97 Å². The molecule has 19 heavy (non-hydrogen) atoms. The van der Waals surface area contributed by atoms with Crippen molar-refractivity contribution >= 4 is 5.97 Å². The molecular formula is C14H22N2O3. The van der Waals surface area contributed by atoms with Crippen LogP contribution in [0.4, 0.5) is 0 Å². The van der Waals surface area contributed by atoms with Gasteiger partial charge in [-0.2, -0.15) is 5.48 Å². The zero-order valence-corrected chi connectivity index (χ0v) is 11.5. The highest BCUT2D eigenvalue weighted by molar-refractivity contribution is 5.73. The van der Waals surface area contributed by atoms with Crippen molar-refractivity contribution in [3.8, 4) is 0 Å². The molecular weight excluding hydrogens is 244 g/mol. The first-order chi connectivity index (χ1) is 9.09. The second-order valence-electron chi connectivity index (χ2n) is 4.70. The molecule has 0 bridgehead atoms. The maximum absolute atomic E-state index is 11.1. The van der Waals surface area contributed by atoms with Crippen molar-refractivity contribution in [1.82, 2.24) is 10.4 Å². The number of nitrogens with zero attached hydrogens (tertiary/aromatic N) is 1. The SMILES string of the molecule is CN(C)CCCON[C@@H](Cc1ccccc1)C(=O)O. The van der Waals surface area contributed by atoms with Crippen molar-refractivity contribution in [2.75, 3.05) is 27.2 Å². The molecule has 0 radical (unpaired) electrons. The number of carboxylic acid groups (broad SMARTS) is 1. The summed E-state index contributed by atoms with van der Waals surface area (Å²) in [4.78, 5) is 18.4. The van der Waals surface area contributed by atoms with Crippen LogP contribution in [0.25, 0.3) is 0 Å². The number of hydrogen-bond acceptors (Lipinski definition) is 4. The molecule has 5 nitrogen and oxygen atoms in total. The van der Waals surface area contributed by atoms with Gasteiger partial charge in [-0.15, -0.1) is 0 Å². The van der Waals surface area contributed by atoms with Crippen molar-refractivity contribution in [3.05, 3.63) is 35.9 Å². The summed E-state index contributed by atoms with van der Waals surface area (Å²) in [5, 5.41) is 9.13. The monoisotopic (exact) mass is 266 g/mol. The van der Waals surface area contributed by atoms with Gasteiger partial charge in [0.25, 0.3) is 0 Å². The first kappa shape index (κ1) is 15.6. The van der Waals surface area contributed by atoms with Crippen molar-refractivity contribution in [2.45, 2.75) is 18.9 Å². The number of rotatable bonds is 9. The Bertz CT molecular complexity index is 368. The van der Waals surface area contributed by atoms with Gasteiger partial charge in [0.15, 0.2) is 0 Å². The molecule has 0 spiro atoms. The molecule has 0 aromatic heterocycles. The van der Waals surface area contributed by atoms with Crippen LogP contribution in [-0.4, -0.2) is 49.3 Å². The summed E-state index contributed by atoms with van der Waals surface area (Å²) in [7, 11) is 3.98. The number of carboxylic acids is 1. The van der Waals surface area contributed by atoms with Gasteiger partial charge < -0.3 is 14.8 Å². The molecule has 1 aromatic rings. The van der Waals surface area contributed by atoms with Gasteiger partial charge in [0.2, 0.25) is 0 Å². The molecule has 106 valence electrons. The van der Waals surface area contributed by atoms with Crippen LogP contribution in [0.3, 0.4) is 0 Å². The molecule has 1 atom stereocenters. The Balaban J connectivity index is 2.31. The van der Waals surface area contributed by atoms with Gasteiger partial charge in [-0.1, -0.05) is 30.3 Å². The predicted molar refractivity (Wildman–Crippen MR) is 73.8 cm³/mol. The van der Waals surface area contributed by atoms with Crippen LogP contribution in [0.15, 0.2) is 30.3 Å². The lowest BCUT2D eigenvalue weighted by molar-refractivity contribution is -0.144. The first-order valence-corrected chi connectivity index (χ1v) is 6.38. The minimum Gasteiger partial charge on any atom is -0.480 e. The molecule has 0 aliphatic heterocycles. The first-order valence-electron chi connectivity index (χ1n) is 6.38. The standard InChI is InChI=1S/C14H22N2O3/c1-16(2)9-6-10-19-15-13(14(17)18)11-12-7-4-3-5-8-12/h3-5,7-8,13,15H,6,9-11H2,1-2H3,(H,17,18)/t13-/m0/s1. The molecule has 0 heterocycles. The molecule has 0 amide bonds. The fourth-order valence-corrected chi connectivity index (χ4v) is 1.64. The van der Waals surface area contributed by atoms with E-state index in [1.165, 1.54) is 0 Å². The number of aliphatic carboxylic acids is 1. The number of carbonyl (C=O) groups is 1. The van der Waals surface area contributed by atoms with Gasteiger partial charge in [0.1, 0.15) is 6.04 Å². The van der Waals surface area contributed by atoms with Gasteiger partial charge in [0, 0.05) is 6.42 Å². The Morgan fingerprint density at radius 3 is 2.63 bits per heavy atom. The summed E-state index contributed by atoms with van der Waals surface area (Å²) in [6.07, 6.45) is 1.27. The highest BCUT2D eigenvalue weighted by Crippen LogP contribution is 2.03. The van der Waals surface area contributed by atoms with Crippen LogP contribution < -0.4 is 5.48 Å². The van der Waals surface area contributed by atoms with Crippen LogP contribution in [0.1, 0.15) is 12.0 Å². The number of benzene rings is 1. The molecule has 0 saturated heterocycles. The van der Waals surface area contributed by atoms with Gasteiger partial charge in [0.05, 0.1) is 6.61 Å². The third-order valence-corrected chi connectivity index (χ3v) is 2.66. The Hall–Kier alpha value is -1.43. The van der Waals surface area contributed by atoms with Gasteiger partial charge in [-0.05, 0) is 32.6 Å². The Morgan fingerprint density at radius 1 is 1.37 bits per heavy atom. The van der Waals surface area contributed by atoms with Crippen LogP contribution in [-0.2, 0) is 16.1 Å². The normalized spacial score (nSPS) is 12.6. The number of hydroxylamine groups is 1. The average molecular weight is 266 g/mol. The summed E-state index contributed by atoms with van der Waals surface area (Å²) >= 11 is 0. The Kier molecular flexibility index (Phi) is 7.10. The second kappa shape index (κ2) is 8.63. The Labute approximate surface area is 114 Å². The maximum atomic E-state index is 11.1. The summed E-state index contributed by atoms with van der Waals surface area (Å²) in [6.45, 7) is 1.41. The third-order valence-electron chi connectivity index (χ3n) is 2.66. The number of nitrogens with one attached hydrogen (secondary N) is 1. The highest BCUT2D eigenvalue weighted by atomic mass is 16.6. The fraction of sp³-hybridized carbons (Fsp3) is 0.500. The molecule has 0 aliphatic rings. The minimum atomic E-state index is -0.906. The Morgan fingerprint density at radius 2 is 2.05 bits per heavy atom. The van der Waals surface area contributed by atoms with E-state index in [0.29, 0.717) is 13.0 Å². The zero-order chi connectivity index (χ0) is 14.1. The van der Waals surface area contributed by atoms with Crippen molar-refractivity contribution in [1.29, 1.82) is 0 Å². The lowest BCUT2D eigenvalue weighted by Crippen LogP contribution is -2.39. The van der Waals surface area contributed by atoms with Crippen molar-refractivity contribution in [2.24, 2.45) is 0 Å². The maximum Gasteiger partial charge on any atom is 0.323 e. The van der Waals surface area contributed by atoms with E-state index in [1.807, 2.05) is 44.4 Å². The van der Waals surface area contributed by atoms with E-state index < -0.39 is 12.0 Å². The van der Waals surface area contributed by atoms with E-state index in [9.17, 15) is 4.79 Å². The summed E-state index contributed by atoms with van der Waals surface area (Å²) < 4.78 is 0. The summed E-state index contributed by atoms with van der Waals surface area (Å²) in [5.41, 5.74) is 3.59. The second-order valence-corrected chi connectivity index (χ2v) is 4.70. The topological polar surface area (TPSA) is 61.8 Å². The van der Waals surface area contributed by atoms with Crippen LogP contribution >= 0.6 is 0 Å². The van der Waals surface area contributed by atoms with Crippen molar-refractivity contribution < 1.29 is 14.7 Å². The number of hydrogen-bond donors (Lipinski definition) is 2. The van der Waals surface area contributed by atoms with Gasteiger partial charge in [-0.25, -0.2) is 0 Å². The quantitative estimate of drug-likeness (QED) is 0.519. The van der Waals surface area contributed by atoms with E-state index in [1.54, 1.807) is 0 Å². The highest BCUT2D eigenvalue weighted by Gasteiger charge is 2.17. The smallest absolute Gasteiger partial charge is 0.323 e. The molecule has 0 fully saturated rings. The summed E-state index contributed by atoms with van der Waals surface area (Å²) in [5.74, 6) is -0.906. The van der Waals surface area contributed by atoms with Crippen LogP contribution in [0.5, 0.6) is 0 Å². The average Bonchev–Trinajstić information content (AvgIpc) is 2.37. The van der Waals surface area contributed by atoms with Crippen LogP contribution in [0.2, 0.25) is 0 Å². The third kappa shape index (κ3) is 6.91. The molecule has 0 aliphatic carbocycles. The molecule has 0 unspecified atom stereocenters. The van der Waals surface area contributed by atoms with E-state index >= 15 is 0 Å². The largest absolute Gasteiger partial charge is 0.480 e. The van der Waals surface area contributed by atoms with E-state index in [0.717, 1.165) is 18.5 Å². The van der Waals surface area contributed by atoms with E-state index in [2.05, 4.69) is 10.4 Å². The molecule has 1 rings (SSSR count). The molecule has 1 aromatic carbocycles. The van der Waals surface area contributed by atoms with E-state index in [4.69, 9.17) is 9.94 Å². The van der Waals surface area contributed by atoms with E-state index in [-0.39, 0.29) is 0 Å². The molecule has 0 saturated carbocycles. The van der Waals surface area contributed by atoms with Crippen LogP contribution in [0, 0.1) is 0 Å². The minimum absolute atomic E-state index is 0.407. The predicted octanol–water partition coefficient (Wildman–Crippen LogP) is 1.16. The molecule has 5 heteroatoms. The van der Waals surface area contributed by atoms with Gasteiger partial charge in [-0.3, -0.25) is 4.79 Å². The summed E-state index contributed by atoms with van der Waals surface area (Å²) in [6, 6.07) is 8.79. The zero-order valence-electron chi connectivity index (χ0n) is 11.5. The lowest BCUT2D eigenvalue weighted by Gasteiger charge is -2.15. The molecule has 2 N–H and O–H groups in total. The fourth-order valence-electron chi connectivity index (χ4n) is 1.64.